The number of carbonyl (C=O) groups is 1. The second-order valence-electron chi connectivity index (χ2n) is 7.03. The van der Waals surface area contributed by atoms with Crippen molar-refractivity contribution in [3.63, 3.8) is 0 Å². The normalized spacial score (nSPS) is 11.8. The van der Waals surface area contributed by atoms with Gasteiger partial charge in [-0.2, -0.15) is 13.2 Å². The van der Waals surface area contributed by atoms with E-state index >= 15 is 0 Å². The van der Waals surface area contributed by atoms with Crippen LogP contribution in [0.4, 0.5) is 18.9 Å². The fourth-order valence-corrected chi connectivity index (χ4v) is 3.43. The fourth-order valence-electron chi connectivity index (χ4n) is 3.21. The van der Waals surface area contributed by atoms with Crippen LogP contribution in [0.25, 0.3) is 0 Å². The Hall–Kier alpha value is -3.52. The molecule has 172 valence electrons. The standard InChI is InChI=1S/C24H20ClF3N2O3/c1-33-19-11-12-20(25)21(15-19)30(23(31)22(29-32)17-5-3-2-4-6-17)14-13-16-7-9-18(10-8-16)24(26,27)28/h2-12,15,32H,13-14H2,1H3/b29-22+. The van der Waals surface area contributed by atoms with E-state index in [2.05, 4.69) is 5.16 Å². The largest absolute Gasteiger partial charge is 0.497 e. The van der Waals surface area contributed by atoms with Gasteiger partial charge in [0.15, 0.2) is 5.71 Å². The monoisotopic (exact) mass is 476 g/mol. The number of ether oxygens (including phenoxy) is 1. The first-order valence-electron chi connectivity index (χ1n) is 9.83. The van der Waals surface area contributed by atoms with Gasteiger partial charge in [0.05, 0.1) is 23.4 Å². The van der Waals surface area contributed by atoms with Crippen molar-refractivity contribution in [3.05, 3.63) is 94.5 Å². The number of anilines is 1. The van der Waals surface area contributed by atoms with E-state index in [1.54, 1.807) is 48.5 Å². The second-order valence-corrected chi connectivity index (χ2v) is 7.44. The molecule has 0 saturated heterocycles. The summed E-state index contributed by atoms with van der Waals surface area (Å²) in [6, 6.07) is 17.8. The Kier molecular flexibility index (Phi) is 7.60. The molecule has 0 saturated carbocycles. The molecule has 0 aliphatic carbocycles. The topological polar surface area (TPSA) is 62.1 Å². The summed E-state index contributed by atoms with van der Waals surface area (Å²) in [6.07, 6.45) is -4.21. The number of hydrogen-bond acceptors (Lipinski definition) is 4. The van der Waals surface area contributed by atoms with E-state index in [-0.39, 0.29) is 23.7 Å². The van der Waals surface area contributed by atoms with E-state index in [9.17, 15) is 23.2 Å². The van der Waals surface area contributed by atoms with Gasteiger partial charge in [-0.1, -0.05) is 59.2 Å². The smallest absolute Gasteiger partial charge is 0.416 e. The number of methoxy groups -OCH3 is 1. The van der Waals surface area contributed by atoms with E-state index < -0.39 is 17.6 Å². The zero-order chi connectivity index (χ0) is 24.0. The summed E-state index contributed by atoms with van der Waals surface area (Å²) in [7, 11) is 1.46. The second kappa shape index (κ2) is 10.4. The molecule has 0 aliphatic rings. The van der Waals surface area contributed by atoms with Crippen LogP contribution in [0, 0.1) is 0 Å². The molecule has 3 rings (SSSR count). The molecule has 3 aromatic carbocycles. The molecule has 1 N–H and O–H groups in total. The SMILES string of the molecule is COc1ccc(Cl)c(N(CCc2ccc(C(F)(F)F)cc2)C(=O)/C(=N/O)c2ccccc2)c1. The van der Waals surface area contributed by atoms with Crippen molar-refractivity contribution in [2.24, 2.45) is 5.16 Å². The third kappa shape index (κ3) is 5.84. The Morgan fingerprint density at radius 2 is 1.73 bits per heavy atom. The zero-order valence-corrected chi connectivity index (χ0v) is 18.3. The first-order valence-corrected chi connectivity index (χ1v) is 10.2. The minimum atomic E-state index is -4.43. The molecule has 0 bridgehead atoms. The molecule has 0 aliphatic heterocycles. The maximum absolute atomic E-state index is 13.4. The Balaban J connectivity index is 1.95. The highest BCUT2D eigenvalue weighted by Gasteiger charge is 2.30. The summed E-state index contributed by atoms with van der Waals surface area (Å²) >= 11 is 6.36. The highest BCUT2D eigenvalue weighted by molar-refractivity contribution is 6.50. The Bertz CT molecular complexity index is 1130. The molecular weight excluding hydrogens is 457 g/mol. The van der Waals surface area contributed by atoms with Gasteiger partial charge in [-0.05, 0) is 36.2 Å². The molecule has 0 heterocycles. The lowest BCUT2D eigenvalue weighted by Gasteiger charge is -2.25. The number of oxime groups is 1. The number of alkyl halides is 3. The van der Waals surface area contributed by atoms with Gasteiger partial charge < -0.3 is 14.8 Å². The lowest BCUT2D eigenvalue weighted by molar-refractivity contribution is -0.137. The van der Waals surface area contributed by atoms with E-state index in [0.29, 0.717) is 22.6 Å². The fraction of sp³-hybridized carbons (Fsp3) is 0.167. The molecular formula is C24H20ClF3N2O3. The molecule has 0 fully saturated rings. The van der Waals surface area contributed by atoms with Gasteiger partial charge in [0.25, 0.3) is 5.91 Å². The van der Waals surface area contributed by atoms with Gasteiger partial charge >= 0.3 is 6.18 Å². The van der Waals surface area contributed by atoms with Crippen LogP contribution >= 0.6 is 11.6 Å². The highest BCUT2D eigenvalue weighted by atomic mass is 35.5. The van der Waals surface area contributed by atoms with Crippen LogP contribution in [-0.4, -0.2) is 30.5 Å². The van der Waals surface area contributed by atoms with Crippen molar-refractivity contribution in [3.8, 4) is 5.75 Å². The Labute approximate surface area is 193 Å². The summed E-state index contributed by atoms with van der Waals surface area (Å²) in [5.74, 6) is -0.185. The first kappa shape index (κ1) is 24.1. The number of rotatable bonds is 7. The zero-order valence-electron chi connectivity index (χ0n) is 17.5. The summed E-state index contributed by atoms with van der Waals surface area (Å²) in [5.41, 5.74) is 0.325. The maximum atomic E-state index is 13.4. The molecule has 0 spiro atoms. The molecule has 3 aromatic rings. The average Bonchev–Trinajstić information content (AvgIpc) is 2.81. The van der Waals surface area contributed by atoms with Crippen molar-refractivity contribution in [2.45, 2.75) is 12.6 Å². The average molecular weight is 477 g/mol. The first-order chi connectivity index (χ1) is 15.7. The van der Waals surface area contributed by atoms with Crippen LogP contribution in [0.5, 0.6) is 5.75 Å². The summed E-state index contributed by atoms with van der Waals surface area (Å²) in [4.78, 5) is 14.7. The number of halogens is 4. The van der Waals surface area contributed by atoms with Gasteiger partial charge in [-0.3, -0.25) is 4.79 Å². The van der Waals surface area contributed by atoms with E-state index in [0.717, 1.165) is 12.1 Å². The predicted octanol–water partition coefficient (Wildman–Crippen LogP) is 5.82. The van der Waals surface area contributed by atoms with Crippen LogP contribution in [0.1, 0.15) is 16.7 Å². The number of amides is 1. The molecule has 5 nitrogen and oxygen atoms in total. The molecule has 0 unspecified atom stereocenters. The summed E-state index contributed by atoms with van der Waals surface area (Å²) in [5, 5.41) is 13.0. The van der Waals surface area contributed by atoms with Crippen LogP contribution in [0.3, 0.4) is 0 Å². The molecule has 0 radical (unpaired) electrons. The van der Waals surface area contributed by atoms with Gasteiger partial charge in [0.1, 0.15) is 5.75 Å². The van der Waals surface area contributed by atoms with Gasteiger partial charge in [0.2, 0.25) is 0 Å². The van der Waals surface area contributed by atoms with Gasteiger partial charge in [-0.25, -0.2) is 0 Å². The van der Waals surface area contributed by atoms with Crippen molar-refractivity contribution < 1.29 is 27.9 Å². The molecule has 0 atom stereocenters. The van der Waals surface area contributed by atoms with Gasteiger partial charge in [0, 0.05) is 18.2 Å². The maximum Gasteiger partial charge on any atom is 0.416 e. The minimum Gasteiger partial charge on any atom is -0.497 e. The van der Waals surface area contributed by atoms with Crippen LogP contribution in [-0.2, 0) is 17.4 Å². The van der Waals surface area contributed by atoms with Crippen LogP contribution < -0.4 is 9.64 Å². The quantitative estimate of drug-likeness (QED) is 0.265. The predicted molar refractivity (Wildman–Crippen MR) is 120 cm³/mol. The highest BCUT2D eigenvalue weighted by Crippen LogP contribution is 2.32. The number of nitrogens with zero attached hydrogens (tertiary/aromatic N) is 2. The van der Waals surface area contributed by atoms with Gasteiger partial charge in [-0.15, -0.1) is 0 Å². The lowest BCUT2D eigenvalue weighted by Crippen LogP contribution is -2.39. The van der Waals surface area contributed by atoms with E-state index in [1.807, 2.05) is 0 Å². The van der Waals surface area contributed by atoms with Crippen molar-refractivity contribution in [1.82, 2.24) is 0 Å². The van der Waals surface area contributed by atoms with Crippen LogP contribution in [0.2, 0.25) is 5.02 Å². The number of benzene rings is 3. The van der Waals surface area contributed by atoms with Crippen molar-refractivity contribution in [1.29, 1.82) is 0 Å². The molecule has 0 aromatic heterocycles. The van der Waals surface area contributed by atoms with Crippen molar-refractivity contribution >= 4 is 28.9 Å². The third-order valence-corrected chi connectivity index (χ3v) is 5.26. The lowest BCUT2D eigenvalue weighted by atomic mass is 10.1. The third-order valence-electron chi connectivity index (χ3n) is 4.94. The van der Waals surface area contributed by atoms with Crippen molar-refractivity contribution in [2.75, 3.05) is 18.6 Å². The van der Waals surface area contributed by atoms with Crippen LogP contribution in [0.15, 0.2) is 78.0 Å². The van der Waals surface area contributed by atoms with E-state index in [4.69, 9.17) is 16.3 Å². The Morgan fingerprint density at radius 3 is 2.30 bits per heavy atom. The molecule has 33 heavy (non-hydrogen) atoms. The number of hydrogen-bond donors (Lipinski definition) is 1. The number of carbonyl (C=O) groups excluding carboxylic acids is 1. The Morgan fingerprint density at radius 1 is 1.06 bits per heavy atom. The summed E-state index contributed by atoms with van der Waals surface area (Å²) < 4.78 is 43.8. The van der Waals surface area contributed by atoms with E-state index in [1.165, 1.54) is 24.1 Å². The summed E-state index contributed by atoms with van der Waals surface area (Å²) in [6.45, 7) is 0.0585. The molecule has 9 heteroatoms. The minimum absolute atomic E-state index is 0.0585. The molecule has 1 amide bonds.